The third-order valence-corrected chi connectivity index (χ3v) is 3.93. The van der Waals surface area contributed by atoms with E-state index in [1.54, 1.807) is 35.2 Å². The maximum Gasteiger partial charge on any atom is 0.329 e. The van der Waals surface area contributed by atoms with Crippen LogP contribution in [-0.4, -0.2) is 14.5 Å². The van der Waals surface area contributed by atoms with E-state index in [0.29, 0.717) is 11.3 Å². The fraction of sp³-hybridized carbons (Fsp3) is 0.0714. The molecule has 0 atom stereocenters. The first-order chi connectivity index (χ1) is 10.2. The van der Waals surface area contributed by atoms with Crippen LogP contribution in [0.1, 0.15) is 5.69 Å². The van der Waals surface area contributed by atoms with Gasteiger partial charge in [0.2, 0.25) is 0 Å². The van der Waals surface area contributed by atoms with E-state index in [1.165, 1.54) is 11.3 Å². The zero-order valence-corrected chi connectivity index (χ0v) is 12.3. The summed E-state index contributed by atoms with van der Waals surface area (Å²) in [5, 5.41) is 1.84. The van der Waals surface area contributed by atoms with Crippen LogP contribution in [0, 0.1) is 0 Å². The summed E-state index contributed by atoms with van der Waals surface area (Å²) >= 11 is 7.45. The summed E-state index contributed by atoms with van der Waals surface area (Å²) in [7, 11) is 0. The summed E-state index contributed by atoms with van der Waals surface area (Å²) in [4.78, 5) is 31.1. The second kappa shape index (κ2) is 5.67. The second-order valence-electron chi connectivity index (χ2n) is 4.36. The molecule has 21 heavy (non-hydrogen) atoms. The molecule has 3 aromatic rings. The lowest BCUT2D eigenvalue weighted by molar-refractivity contribution is 0.690. The molecule has 3 rings (SSSR count). The molecule has 7 heteroatoms. The first kappa shape index (κ1) is 13.8. The van der Waals surface area contributed by atoms with E-state index < -0.39 is 11.2 Å². The molecule has 1 aromatic carbocycles. The number of thiazole rings is 1. The summed E-state index contributed by atoms with van der Waals surface area (Å²) in [6, 6.07) is 9.00. The topological polar surface area (TPSA) is 67.8 Å². The predicted octanol–water partition coefficient (Wildman–Crippen LogP) is 2.36. The Labute approximate surface area is 128 Å². The molecule has 0 bridgehead atoms. The average Bonchev–Trinajstić information content (AvgIpc) is 2.97. The quantitative estimate of drug-likeness (QED) is 0.754. The van der Waals surface area contributed by atoms with Crippen LogP contribution in [0.15, 0.2) is 50.8 Å². The smallest absolute Gasteiger partial charge is 0.297 e. The molecule has 0 amide bonds. The van der Waals surface area contributed by atoms with Crippen LogP contribution in [0.5, 0.6) is 0 Å². The number of H-pyrrole nitrogens is 1. The van der Waals surface area contributed by atoms with Crippen molar-refractivity contribution in [2.24, 2.45) is 0 Å². The minimum atomic E-state index is -0.544. The van der Waals surface area contributed by atoms with Crippen LogP contribution in [0.2, 0.25) is 5.15 Å². The molecular formula is C14H10ClN3O2S. The van der Waals surface area contributed by atoms with E-state index in [0.717, 1.165) is 4.57 Å². The monoisotopic (exact) mass is 319 g/mol. The Morgan fingerprint density at radius 3 is 2.67 bits per heavy atom. The lowest BCUT2D eigenvalue weighted by Crippen LogP contribution is -2.36. The Hall–Kier alpha value is -2.18. The minimum Gasteiger partial charge on any atom is -0.297 e. The van der Waals surface area contributed by atoms with Crippen molar-refractivity contribution in [2.75, 3.05) is 0 Å². The van der Waals surface area contributed by atoms with Crippen molar-refractivity contribution in [2.45, 2.75) is 6.54 Å². The van der Waals surface area contributed by atoms with Crippen molar-refractivity contribution < 1.29 is 0 Å². The van der Waals surface area contributed by atoms with E-state index in [2.05, 4.69) is 9.97 Å². The zero-order valence-electron chi connectivity index (χ0n) is 10.7. The predicted molar refractivity (Wildman–Crippen MR) is 83.0 cm³/mol. The van der Waals surface area contributed by atoms with Gasteiger partial charge in [0, 0.05) is 5.38 Å². The van der Waals surface area contributed by atoms with Crippen LogP contribution in [0.4, 0.5) is 0 Å². The first-order valence-electron chi connectivity index (χ1n) is 6.12. The third-order valence-electron chi connectivity index (χ3n) is 3.01. The molecule has 0 radical (unpaired) electrons. The van der Waals surface area contributed by atoms with Crippen LogP contribution < -0.4 is 11.2 Å². The highest BCUT2D eigenvalue weighted by Crippen LogP contribution is 2.20. The Kier molecular flexibility index (Phi) is 3.72. The van der Waals surface area contributed by atoms with Gasteiger partial charge in [-0.1, -0.05) is 41.9 Å². The van der Waals surface area contributed by atoms with Gasteiger partial charge in [0.1, 0.15) is 5.15 Å². The normalized spacial score (nSPS) is 10.7. The van der Waals surface area contributed by atoms with Crippen molar-refractivity contribution in [1.82, 2.24) is 14.5 Å². The Bertz CT molecular complexity index is 869. The van der Waals surface area contributed by atoms with Crippen LogP contribution in [0.25, 0.3) is 11.1 Å². The largest absolute Gasteiger partial charge is 0.329 e. The number of rotatable bonds is 3. The SMILES string of the molecule is O=c1[nH]c(Cl)c(-c2ccccc2)c(=O)n1Cc1cscn1. The minimum absolute atomic E-state index is 0.0470. The Balaban J connectivity index is 2.19. The highest BCUT2D eigenvalue weighted by Gasteiger charge is 2.15. The van der Waals surface area contributed by atoms with Crippen molar-refractivity contribution in [3.8, 4) is 11.1 Å². The maximum absolute atomic E-state index is 12.6. The van der Waals surface area contributed by atoms with Gasteiger partial charge in [0.15, 0.2) is 0 Å². The molecule has 0 aliphatic carbocycles. The number of aromatic amines is 1. The highest BCUT2D eigenvalue weighted by molar-refractivity contribution is 7.07. The van der Waals surface area contributed by atoms with Crippen molar-refractivity contribution in [3.05, 3.63) is 72.9 Å². The van der Waals surface area contributed by atoms with Gasteiger partial charge in [-0.3, -0.25) is 14.3 Å². The average molecular weight is 320 g/mol. The molecule has 5 nitrogen and oxygen atoms in total. The fourth-order valence-corrected chi connectivity index (χ4v) is 2.84. The standard InChI is InChI=1S/C14H10ClN3O2S/c15-12-11(9-4-2-1-3-5-9)13(19)18(14(20)17-12)6-10-7-21-8-16-10/h1-5,7-8H,6H2,(H,17,20). The molecule has 0 spiro atoms. The zero-order chi connectivity index (χ0) is 14.8. The molecule has 0 aliphatic rings. The van der Waals surface area contributed by atoms with Gasteiger partial charge in [-0.05, 0) is 5.56 Å². The van der Waals surface area contributed by atoms with E-state index >= 15 is 0 Å². The molecule has 0 unspecified atom stereocenters. The molecule has 0 saturated carbocycles. The van der Waals surface area contributed by atoms with Gasteiger partial charge in [-0.15, -0.1) is 11.3 Å². The third kappa shape index (κ3) is 2.68. The van der Waals surface area contributed by atoms with Gasteiger partial charge >= 0.3 is 5.69 Å². The van der Waals surface area contributed by atoms with Crippen LogP contribution in [0.3, 0.4) is 0 Å². The van der Waals surface area contributed by atoms with Crippen LogP contribution >= 0.6 is 22.9 Å². The van der Waals surface area contributed by atoms with Crippen LogP contribution in [-0.2, 0) is 6.54 Å². The number of nitrogens with one attached hydrogen (secondary N) is 1. The van der Waals surface area contributed by atoms with Crippen molar-refractivity contribution in [3.63, 3.8) is 0 Å². The molecule has 0 saturated heterocycles. The molecule has 0 aliphatic heterocycles. The summed E-state index contributed by atoms with van der Waals surface area (Å²) < 4.78 is 1.10. The highest BCUT2D eigenvalue weighted by atomic mass is 35.5. The molecule has 2 aromatic heterocycles. The Morgan fingerprint density at radius 2 is 2.00 bits per heavy atom. The van der Waals surface area contributed by atoms with Gasteiger partial charge in [0.05, 0.1) is 23.3 Å². The summed E-state index contributed by atoms with van der Waals surface area (Å²) in [6.07, 6.45) is 0. The molecule has 106 valence electrons. The number of benzene rings is 1. The maximum atomic E-state index is 12.6. The Morgan fingerprint density at radius 1 is 1.24 bits per heavy atom. The van der Waals surface area contributed by atoms with E-state index in [9.17, 15) is 9.59 Å². The van der Waals surface area contributed by atoms with Crippen molar-refractivity contribution >= 4 is 22.9 Å². The lowest BCUT2D eigenvalue weighted by Gasteiger charge is -2.08. The van der Waals surface area contributed by atoms with E-state index in [-0.39, 0.29) is 17.3 Å². The first-order valence-corrected chi connectivity index (χ1v) is 7.44. The van der Waals surface area contributed by atoms with E-state index in [1.807, 2.05) is 6.07 Å². The molecule has 0 fully saturated rings. The summed E-state index contributed by atoms with van der Waals surface area (Å²) in [6.45, 7) is 0.120. The van der Waals surface area contributed by atoms with Gasteiger partial charge < -0.3 is 0 Å². The molecule has 1 N–H and O–H groups in total. The molecular weight excluding hydrogens is 310 g/mol. The second-order valence-corrected chi connectivity index (χ2v) is 5.45. The number of aromatic nitrogens is 3. The summed E-state index contributed by atoms with van der Waals surface area (Å²) in [5.74, 6) is 0. The van der Waals surface area contributed by atoms with Gasteiger partial charge in [-0.25, -0.2) is 9.78 Å². The lowest BCUT2D eigenvalue weighted by atomic mass is 10.1. The molecule has 2 heterocycles. The van der Waals surface area contributed by atoms with Crippen molar-refractivity contribution in [1.29, 1.82) is 0 Å². The fourth-order valence-electron chi connectivity index (χ4n) is 2.02. The van der Waals surface area contributed by atoms with Gasteiger partial charge in [0.25, 0.3) is 5.56 Å². The number of hydrogen-bond acceptors (Lipinski definition) is 4. The number of nitrogens with zero attached hydrogens (tertiary/aromatic N) is 2. The number of halogens is 1. The number of hydrogen-bond donors (Lipinski definition) is 1. The summed E-state index contributed by atoms with van der Waals surface area (Å²) in [5.41, 5.74) is 2.29. The van der Waals surface area contributed by atoms with E-state index in [4.69, 9.17) is 11.6 Å². The van der Waals surface area contributed by atoms with Gasteiger partial charge in [-0.2, -0.15) is 0 Å².